The largest absolute Gasteiger partial charge is 0.379 e. The number of hydrogen-bond acceptors (Lipinski definition) is 3. The van der Waals surface area contributed by atoms with Gasteiger partial charge in [-0.15, -0.1) is 0 Å². The second kappa shape index (κ2) is 4.72. The maximum Gasteiger partial charge on any atom is 0.0991 e. The van der Waals surface area contributed by atoms with Gasteiger partial charge in [-0.2, -0.15) is 5.26 Å². The molecule has 1 aromatic rings. The first-order valence-electron chi connectivity index (χ1n) is 6.57. The summed E-state index contributed by atoms with van der Waals surface area (Å²) in [6, 6.07) is 10.7. The van der Waals surface area contributed by atoms with Gasteiger partial charge >= 0.3 is 0 Å². The standard InChI is InChI=1S/C15H18N2O/c1-18-15-13-5-6-14(15)17(10-13)9-12-4-2-3-11(7-12)8-16/h2-4,7,13-15H,5-6,9-10H2,1H3/t13-,14+,15+/m0/s1. The minimum absolute atomic E-state index is 0.421. The molecule has 1 saturated heterocycles. The third-order valence-electron chi connectivity index (χ3n) is 4.33. The molecule has 2 bridgehead atoms. The van der Waals surface area contributed by atoms with Crippen LogP contribution in [0.2, 0.25) is 0 Å². The Hall–Kier alpha value is -1.37. The van der Waals surface area contributed by atoms with E-state index in [1.807, 2.05) is 25.3 Å². The predicted octanol–water partition coefficient (Wildman–Crippen LogP) is 2.17. The molecule has 0 aromatic heterocycles. The minimum atomic E-state index is 0.421. The van der Waals surface area contributed by atoms with Gasteiger partial charge in [-0.05, 0) is 36.5 Å². The Balaban J connectivity index is 1.73. The summed E-state index contributed by atoms with van der Waals surface area (Å²) in [5, 5.41) is 8.92. The quantitative estimate of drug-likeness (QED) is 0.815. The van der Waals surface area contributed by atoms with Crippen LogP contribution in [0, 0.1) is 17.2 Å². The third-order valence-corrected chi connectivity index (χ3v) is 4.33. The van der Waals surface area contributed by atoms with Crippen LogP contribution in [-0.4, -0.2) is 30.7 Å². The number of ether oxygens (including phenoxy) is 1. The highest BCUT2D eigenvalue weighted by Gasteiger charge is 2.46. The highest BCUT2D eigenvalue weighted by atomic mass is 16.5. The topological polar surface area (TPSA) is 36.3 Å². The summed E-state index contributed by atoms with van der Waals surface area (Å²) in [6.07, 6.45) is 2.98. The van der Waals surface area contributed by atoms with Crippen molar-refractivity contribution in [2.45, 2.75) is 31.5 Å². The van der Waals surface area contributed by atoms with Crippen molar-refractivity contribution in [2.75, 3.05) is 13.7 Å². The van der Waals surface area contributed by atoms with E-state index in [0.29, 0.717) is 18.1 Å². The van der Waals surface area contributed by atoms with E-state index in [4.69, 9.17) is 10.00 Å². The van der Waals surface area contributed by atoms with Crippen molar-refractivity contribution in [1.29, 1.82) is 5.26 Å². The van der Waals surface area contributed by atoms with Crippen molar-refractivity contribution in [2.24, 2.45) is 5.92 Å². The molecule has 3 atom stereocenters. The summed E-state index contributed by atoms with van der Waals surface area (Å²) in [4.78, 5) is 2.51. The van der Waals surface area contributed by atoms with Crippen molar-refractivity contribution >= 4 is 0 Å². The van der Waals surface area contributed by atoms with Gasteiger partial charge in [0.1, 0.15) is 0 Å². The average Bonchev–Trinajstić information content (AvgIpc) is 2.95. The molecular formula is C15H18N2O. The lowest BCUT2D eigenvalue weighted by Crippen LogP contribution is -2.34. The van der Waals surface area contributed by atoms with Crippen LogP contribution in [0.15, 0.2) is 24.3 Å². The van der Waals surface area contributed by atoms with Crippen LogP contribution in [0.1, 0.15) is 24.0 Å². The lowest BCUT2D eigenvalue weighted by atomic mass is 10.1. The Morgan fingerprint density at radius 2 is 2.33 bits per heavy atom. The molecular weight excluding hydrogens is 224 g/mol. The van der Waals surface area contributed by atoms with Crippen LogP contribution in [0.5, 0.6) is 0 Å². The van der Waals surface area contributed by atoms with Gasteiger partial charge in [0.25, 0.3) is 0 Å². The predicted molar refractivity (Wildman–Crippen MR) is 68.9 cm³/mol. The van der Waals surface area contributed by atoms with Crippen LogP contribution >= 0.6 is 0 Å². The number of piperidine rings is 1. The summed E-state index contributed by atoms with van der Waals surface area (Å²) in [5.41, 5.74) is 1.98. The van der Waals surface area contributed by atoms with Gasteiger partial charge in [0.15, 0.2) is 0 Å². The van der Waals surface area contributed by atoms with E-state index in [9.17, 15) is 0 Å². The molecule has 1 aromatic carbocycles. The maximum absolute atomic E-state index is 8.92. The molecule has 0 radical (unpaired) electrons. The fourth-order valence-corrected chi connectivity index (χ4v) is 3.55. The number of nitriles is 1. The highest BCUT2D eigenvalue weighted by molar-refractivity contribution is 5.32. The summed E-state index contributed by atoms with van der Waals surface area (Å²) in [7, 11) is 1.83. The molecule has 18 heavy (non-hydrogen) atoms. The monoisotopic (exact) mass is 242 g/mol. The molecule has 1 saturated carbocycles. The summed E-state index contributed by atoms with van der Waals surface area (Å²) in [6.45, 7) is 2.08. The molecule has 3 nitrogen and oxygen atoms in total. The molecule has 0 N–H and O–H groups in total. The van der Waals surface area contributed by atoms with E-state index in [-0.39, 0.29) is 0 Å². The molecule has 2 fully saturated rings. The van der Waals surface area contributed by atoms with Gasteiger partial charge in [-0.3, -0.25) is 4.90 Å². The number of fused-ring (bicyclic) bond motifs is 2. The molecule has 3 heteroatoms. The Labute approximate surface area is 108 Å². The van der Waals surface area contributed by atoms with Crippen LogP contribution in [0.3, 0.4) is 0 Å². The maximum atomic E-state index is 8.92. The lowest BCUT2D eigenvalue weighted by Gasteiger charge is -2.26. The zero-order valence-corrected chi connectivity index (χ0v) is 10.7. The first-order chi connectivity index (χ1) is 8.81. The van der Waals surface area contributed by atoms with E-state index in [1.165, 1.54) is 18.4 Å². The summed E-state index contributed by atoms with van der Waals surface area (Å²) in [5.74, 6) is 0.708. The van der Waals surface area contributed by atoms with Gasteiger partial charge in [-0.1, -0.05) is 12.1 Å². The fourth-order valence-electron chi connectivity index (χ4n) is 3.55. The normalized spacial score (nSPS) is 30.6. The SMILES string of the molecule is CO[C@@H]1[C@H]2CC[C@H]1N(Cc1cccc(C#N)c1)C2. The summed E-state index contributed by atoms with van der Waals surface area (Å²) >= 11 is 0. The molecule has 3 rings (SSSR count). The average molecular weight is 242 g/mol. The Morgan fingerprint density at radius 3 is 3.06 bits per heavy atom. The number of methoxy groups -OCH3 is 1. The molecule has 1 aliphatic carbocycles. The highest BCUT2D eigenvalue weighted by Crippen LogP contribution is 2.40. The molecule has 1 heterocycles. The summed E-state index contributed by atoms with van der Waals surface area (Å²) < 4.78 is 5.62. The van der Waals surface area contributed by atoms with E-state index >= 15 is 0 Å². The zero-order valence-electron chi connectivity index (χ0n) is 10.7. The van der Waals surface area contributed by atoms with Gasteiger partial charge < -0.3 is 4.74 Å². The number of rotatable bonds is 3. The Kier molecular flexibility index (Phi) is 3.07. The molecule has 94 valence electrons. The molecule has 2 aliphatic rings. The number of benzene rings is 1. The van der Waals surface area contributed by atoms with Crippen molar-refractivity contribution in [1.82, 2.24) is 4.90 Å². The van der Waals surface area contributed by atoms with Crippen molar-refractivity contribution in [3.8, 4) is 6.07 Å². The number of nitrogens with zero attached hydrogens (tertiary/aromatic N) is 2. The van der Waals surface area contributed by atoms with Gasteiger partial charge in [0, 0.05) is 26.2 Å². The van der Waals surface area contributed by atoms with E-state index in [2.05, 4.69) is 17.0 Å². The smallest absolute Gasteiger partial charge is 0.0991 e. The lowest BCUT2D eigenvalue weighted by molar-refractivity contribution is 0.0680. The van der Waals surface area contributed by atoms with Crippen molar-refractivity contribution < 1.29 is 4.74 Å². The number of likely N-dealkylation sites (tertiary alicyclic amines) is 1. The second-order valence-corrected chi connectivity index (χ2v) is 5.35. The minimum Gasteiger partial charge on any atom is -0.379 e. The third kappa shape index (κ3) is 1.92. The Bertz CT molecular complexity index is 480. The van der Waals surface area contributed by atoms with Gasteiger partial charge in [0.05, 0.1) is 17.7 Å². The van der Waals surface area contributed by atoms with Crippen molar-refractivity contribution in [3.63, 3.8) is 0 Å². The second-order valence-electron chi connectivity index (χ2n) is 5.35. The number of hydrogen-bond donors (Lipinski definition) is 0. The first kappa shape index (κ1) is 11.7. The van der Waals surface area contributed by atoms with Crippen LogP contribution < -0.4 is 0 Å². The van der Waals surface area contributed by atoms with Crippen LogP contribution in [0.25, 0.3) is 0 Å². The van der Waals surface area contributed by atoms with Gasteiger partial charge in [0.2, 0.25) is 0 Å². The van der Waals surface area contributed by atoms with E-state index in [0.717, 1.165) is 18.7 Å². The zero-order chi connectivity index (χ0) is 12.5. The van der Waals surface area contributed by atoms with Crippen molar-refractivity contribution in [3.05, 3.63) is 35.4 Å². The molecule has 1 aliphatic heterocycles. The molecule has 0 spiro atoms. The van der Waals surface area contributed by atoms with E-state index < -0.39 is 0 Å². The Morgan fingerprint density at radius 1 is 1.44 bits per heavy atom. The molecule has 0 amide bonds. The van der Waals surface area contributed by atoms with E-state index in [1.54, 1.807) is 0 Å². The van der Waals surface area contributed by atoms with Crippen LogP contribution in [0.4, 0.5) is 0 Å². The first-order valence-corrected chi connectivity index (χ1v) is 6.57. The van der Waals surface area contributed by atoms with Crippen LogP contribution in [-0.2, 0) is 11.3 Å². The molecule has 0 unspecified atom stereocenters. The van der Waals surface area contributed by atoms with Gasteiger partial charge in [-0.25, -0.2) is 0 Å². The fraction of sp³-hybridized carbons (Fsp3) is 0.533.